The molecule has 1 heterocycles. The quantitative estimate of drug-likeness (QED) is 0.646. The molecular weight excluding hydrogens is 416 g/mol. The summed E-state index contributed by atoms with van der Waals surface area (Å²) in [6.45, 7) is 8.91. The number of hydrogen-bond acceptors (Lipinski definition) is 4. The fourth-order valence-electron chi connectivity index (χ4n) is 3.94. The van der Waals surface area contributed by atoms with Gasteiger partial charge in [0.15, 0.2) is 0 Å². The Kier molecular flexibility index (Phi) is 8.60. The number of carbonyl (C=O) groups is 3. The van der Waals surface area contributed by atoms with E-state index in [1.54, 1.807) is 11.0 Å². The van der Waals surface area contributed by atoms with Crippen LogP contribution in [0.15, 0.2) is 54.6 Å². The van der Waals surface area contributed by atoms with Gasteiger partial charge in [-0.05, 0) is 30.0 Å². The third kappa shape index (κ3) is 6.89. The Labute approximate surface area is 196 Å². The van der Waals surface area contributed by atoms with Crippen LogP contribution in [0.3, 0.4) is 0 Å². The molecule has 0 aliphatic carbocycles. The molecule has 0 unspecified atom stereocenters. The first-order chi connectivity index (χ1) is 15.8. The second-order valence-electron chi connectivity index (χ2n) is 8.87. The molecule has 2 N–H and O–H groups in total. The van der Waals surface area contributed by atoms with Gasteiger partial charge >= 0.3 is 0 Å². The SMILES string of the molecule is Cc1ccccc1C(=O)N[C@@H](C(=O)N1CCN(CC(=O)NCc2ccccc2)CC1)C(C)C. The molecule has 0 bridgehead atoms. The number of hydrogen-bond donors (Lipinski definition) is 2. The number of benzene rings is 2. The van der Waals surface area contributed by atoms with Crippen LogP contribution < -0.4 is 10.6 Å². The number of nitrogens with one attached hydrogen (secondary N) is 2. The van der Waals surface area contributed by atoms with E-state index in [-0.39, 0.29) is 23.6 Å². The monoisotopic (exact) mass is 450 g/mol. The van der Waals surface area contributed by atoms with Crippen LogP contribution in [-0.4, -0.2) is 66.3 Å². The van der Waals surface area contributed by atoms with Crippen molar-refractivity contribution >= 4 is 17.7 Å². The molecular formula is C26H34N4O3. The summed E-state index contributed by atoms with van der Waals surface area (Å²) in [5.74, 6) is -0.356. The number of piperazine rings is 1. The molecule has 176 valence electrons. The van der Waals surface area contributed by atoms with Crippen LogP contribution in [-0.2, 0) is 16.1 Å². The van der Waals surface area contributed by atoms with Gasteiger partial charge in [-0.25, -0.2) is 0 Å². The molecule has 0 spiro atoms. The Bertz CT molecular complexity index is 953. The number of nitrogens with zero attached hydrogens (tertiary/aromatic N) is 2. The average molecular weight is 451 g/mol. The normalized spacial score (nSPS) is 15.2. The third-order valence-electron chi connectivity index (χ3n) is 5.99. The molecule has 0 saturated carbocycles. The second kappa shape index (κ2) is 11.6. The molecule has 3 rings (SSSR count). The fourth-order valence-corrected chi connectivity index (χ4v) is 3.94. The van der Waals surface area contributed by atoms with Gasteiger partial charge < -0.3 is 15.5 Å². The highest BCUT2D eigenvalue weighted by Crippen LogP contribution is 2.13. The summed E-state index contributed by atoms with van der Waals surface area (Å²) in [4.78, 5) is 42.1. The van der Waals surface area contributed by atoms with Crippen molar-refractivity contribution in [2.24, 2.45) is 5.92 Å². The summed E-state index contributed by atoms with van der Waals surface area (Å²) in [7, 11) is 0. The molecule has 3 amide bonds. The lowest BCUT2D eigenvalue weighted by Gasteiger charge is -2.37. The molecule has 0 aromatic heterocycles. The molecule has 0 radical (unpaired) electrons. The second-order valence-corrected chi connectivity index (χ2v) is 8.87. The Morgan fingerprint density at radius 1 is 0.909 bits per heavy atom. The first-order valence-electron chi connectivity index (χ1n) is 11.5. The van der Waals surface area contributed by atoms with Crippen molar-refractivity contribution < 1.29 is 14.4 Å². The molecule has 2 aromatic rings. The zero-order valence-electron chi connectivity index (χ0n) is 19.7. The zero-order valence-corrected chi connectivity index (χ0v) is 19.7. The third-order valence-corrected chi connectivity index (χ3v) is 5.99. The number of carbonyl (C=O) groups excluding carboxylic acids is 3. The zero-order chi connectivity index (χ0) is 23.8. The Hall–Kier alpha value is -3.19. The van der Waals surface area contributed by atoms with Gasteiger partial charge in [0.05, 0.1) is 6.54 Å². The van der Waals surface area contributed by atoms with Crippen molar-refractivity contribution in [2.75, 3.05) is 32.7 Å². The smallest absolute Gasteiger partial charge is 0.252 e. The summed E-state index contributed by atoms with van der Waals surface area (Å²) >= 11 is 0. The Morgan fingerprint density at radius 3 is 2.18 bits per heavy atom. The van der Waals surface area contributed by atoms with E-state index in [0.717, 1.165) is 11.1 Å². The number of aryl methyl sites for hydroxylation is 1. The van der Waals surface area contributed by atoms with Gasteiger partial charge in [-0.15, -0.1) is 0 Å². The van der Waals surface area contributed by atoms with Crippen LogP contribution in [0, 0.1) is 12.8 Å². The van der Waals surface area contributed by atoms with Crippen LogP contribution in [0.1, 0.15) is 35.3 Å². The number of rotatable bonds is 8. The van der Waals surface area contributed by atoms with E-state index in [2.05, 4.69) is 15.5 Å². The lowest BCUT2D eigenvalue weighted by Crippen LogP contribution is -2.57. The van der Waals surface area contributed by atoms with Crippen LogP contribution in [0.5, 0.6) is 0 Å². The highest BCUT2D eigenvalue weighted by atomic mass is 16.2. The molecule has 1 aliphatic heterocycles. The summed E-state index contributed by atoms with van der Waals surface area (Å²) in [6.07, 6.45) is 0. The summed E-state index contributed by atoms with van der Waals surface area (Å²) in [5, 5.41) is 5.88. The van der Waals surface area contributed by atoms with Crippen molar-refractivity contribution in [2.45, 2.75) is 33.4 Å². The van der Waals surface area contributed by atoms with E-state index in [4.69, 9.17) is 0 Å². The predicted octanol–water partition coefficient (Wildman–Crippen LogP) is 2.21. The lowest BCUT2D eigenvalue weighted by atomic mass is 10.0. The van der Waals surface area contributed by atoms with E-state index in [0.29, 0.717) is 44.8 Å². The maximum atomic E-state index is 13.2. The maximum absolute atomic E-state index is 13.2. The lowest BCUT2D eigenvalue weighted by molar-refractivity contribution is -0.136. The molecule has 7 nitrogen and oxygen atoms in total. The van der Waals surface area contributed by atoms with Crippen molar-refractivity contribution in [3.05, 3.63) is 71.3 Å². The number of amides is 3. The Balaban J connectivity index is 1.48. The van der Waals surface area contributed by atoms with Crippen molar-refractivity contribution in [3.63, 3.8) is 0 Å². The van der Waals surface area contributed by atoms with Gasteiger partial charge in [0, 0.05) is 38.3 Å². The molecule has 1 aliphatic rings. The summed E-state index contributed by atoms with van der Waals surface area (Å²) < 4.78 is 0. The van der Waals surface area contributed by atoms with Gasteiger partial charge in [-0.1, -0.05) is 62.4 Å². The van der Waals surface area contributed by atoms with Crippen molar-refractivity contribution in [1.29, 1.82) is 0 Å². The highest BCUT2D eigenvalue weighted by molar-refractivity contribution is 5.98. The molecule has 2 aromatic carbocycles. The van der Waals surface area contributed by atoms with E-state index >= 15 is 0 Å². The highest BCUT2D eigenvalue weighted by Gasteiger charge is 2.31. The van der Waals surface area contributed by atoms with Gasteiger partial charge in [0.25, 0.3) is 5.91 Å². The van der Waals surface area contributed by atoms with E-state index in [1.807, 2.05) is 69.3 Å². The minimum Gasteiger partial charge on any atom is -0.351 e. The van der Waals surface area contributed by atoms with Crippen LogP contribution in [0.2, 0.25) is 0 Å². The van der Waals surface area contributed by atoms with Crippen LogP contribution in [0.4, 0.5) is 0 Å². The van der Waals surface area contributed by atoms with Gasteiger partial charge in [-0.2, -0.15) is 0 Å². The van der Waals surface area contributed by atoms with E-state index in [1.165, 1.54) is 0 Å². The topological polar surface area (TPSA) is 81.8 Å². The molecule has 1 fully saturated rings. The average Bonchev–Trinajstić information content (AvgIpc) is 2.82. The summed E-state index contributed by atoms with van der Waals surface area (Å²) in [6, 6.07) is 16.6. The van der Waals surface area contributed by atoms with E-state index < -0.39 is 6.04 Å². The predicted molar refractivity (Wildman–Crippen MR) is 129 cm³/mol. The van der Waals surface area contributed by atoms with Crippen molar-refractivity contribution in [1.82, 2.24) is 20.4 Å². The van der Waals surface area contributed by atoms with Crippen LogP contribution in [0.25, 0.3) is 0 Å². The largest absolute Gasteiger partial charge is 0.351 e. The maximum Gasteiger partial charge on any atom is 0.252 e. The fraction of sp³-hybridized carbons (Fsp3) is 0.423. The van der Waals surface area contributed by atoms with E-state index in [9.17, 15) is 14.4 Å². The standard InChI is InChI=1S/C26H34N4O3/c1-19(2)24(28-25(32)22-12-8-7-9-20(22)3)26(33)30-15-13-29(14-16-30)18-23(31)27-17-21-10-5-4-6-11-21/h4-12,19,24H,13-18H2,1-3H3,(H,27,31)(H,28,32)/t24-/m1/s1. The molecule has 7 heteroatoms. The minimum absolute atomic E-state index is 0.0239. The van der Waals surface area contributed by atoms with Crippen molar-refractivity contribution in [3.8, 4) is 0 Å². The van der Waals surface area contributed by atoms with Crippen LogP contribution >= 0.6 is 0 Å². The molecule has 1 atom stereocenters. The molecule has 33 heavy (non-hydrogen) atoms. The first-order valence-corrected chi connectivity index (χ1v) is 11.5. The molecule has 1 saturated heterocycles. The van der Waals surface area contributed by atoms with Gasteiger partial charge in [0.1, 0.15) is 6.04 Å². The summed E-state index contributed by atoms with van der Waals surface area (Å²) in [5.41, 5.74) is 2.53. The van der Waals surface area contributed by atoms with Gasteiger partial charge in [-0.3, -0.25) is 19.3 Å². The van der Waals surface area contributed by atoms with Gasteiger partial charge in [0.2, 0.25) is 11.8 Å². The minimum atomic E-state index is -0.585. The first kappa shape index (κ1) is 24.5. The Morgan fingerprint density at radius 2 is 1.55 bits per heavy atom.